The van der Waals surface area contributed by atoms with E-state index < -0.39 is 0 Å². The summed E-state index contributed by atoms with van der Waals surface area (Å²) in [6, 6.07) is 5.45. The minimum atomic E-state index is -0.0453. The molecular weight excluding hydrogens is 320 g/mol. The van der Waals surface area contributed by atoms with Crippen LogP contribution in [0, 0.1) is 6.92 Å². The van der Waals surface area contributed by atoms with Crippen LogP contribution >= 0.6 is 0 Å². The van der Waals surface area contributed by atoms with Crippen LogP contribution in [0.3, 0.4) is 0 Å². The summed E-state index contributed by atoms with van der Waals surface area (Å²) in [5.41, 5.74) is 2.46. The monoisotopic (exact) mass is 340 g/mol. The molecule has 0 aromatic carbocycles. The lowest BCUT2D eigenvalue weighted by molar-refractivity contribution is -0.0405. The molecule has 0 saturated carbocycles. The number of aryl methyl sites for hydroxylation is 1. The van der Waals surface area contributed by atoms with E-state index in [-0.39, 0.29) is 11.7 Å². The van der Waals surface area contributed by atoms with Crippen LogP contribution in [-0.4, -0.2) is 54.8 Å². The number of nitrogens with zero attached hydrogens (tertiary/aromatic N) is 6. The van der Waals surface area contributed by atoms with Gasteiger partial charge in [0.2, 0.25) is 0 Å². The van der Waals surface area contributed by atoms with Gasteiger partial charge in [-0.25, -0.2) is 9.97 Å². The zero-order chi connectivity index (χ0) is 17.2. The lowest BCUT2D eigenvalue weighted by atomic mass is 10.2. The first-order valence-electron chi connectivity index (χ1n) is 8.33. The third-order valence-electron chi connectivity index (χ3n) is 4.41. The minimum absolute atomic E-state index is 0.0453. The van der Waals surface area contributed by atoms with Gasteiger partial charge in [0.1, 0.15) is 18.3 Å². The highest BCUT2D eigenvalue weighted by Crippen LogP contribution is 2.12. The van der Waals surface area contributed by atoms with Gasteiger partial charge in [-0.15, -0.1) is 0 Å². The molecule has 0 aliphatic carbocycles. The quantitative estimate of drug-likeness (QED) is 0.688. The van der Waals surface area contributed by atoms with Crippen molar-refractivity contribution in [3.05, 3.63) is 58.7 Å². The molecule has 8 heteroatoms. The number of hydrogen-bond donors (Lipinski definition) is 0. The Kier molecular flexibility index (Phi) is 4.29. The first-order valence-corrected chi connectivity index (χ1v) is 8.33. The molecular formula is C17H20N6O2. The second-order valence-corrected chi connectivity index (χ2v) is 6.32. The van der Waals surface area contributed by atoms with Crippen molar-refractivity contribution in [1.29, 1.82) is 0 Å². The molecule has 4 rings (SSSR count). The number of aromatic nitrogens is 5. The van der Waals surface area contributed by atoms with E-state index in [1.807, 2.05) is 19.1 Å². The Bertz CT molecular complexity index is 921. The molecule has 1 aliphatic heterocycles. The lowest BCUT2D eigenvalue weighted by Gasteiger charge is -2.32. The van der Waals surface area contributed by atoms with Gasteiger partial charge in [0.15, 0.2) is 0 Å². The molecule has 1 saturated heterocycles. The number of pyridine rings is 1. The molecule has 3 aromatic heterocycles. The van der Waals surface area contributed by atoms with Gasteiger partial charge < -0.3 is 4.74 Å². The van der Waals surface area contributed by atoms with E-state index in [1.165, 1.54) is 6.33 Å². The first-order chi connectivity index (χ1) is 12.2. The Labute approximate surface area is 144 Å². The molecule has 1 fully saturated rings. The van der Waals surface area contributed by atoms with Crippen LogP contribution in [0.2, 0.25) is 0 Å². The second kappa shape index (κ2) is 6.73. The molecule has 4 heterocycles. The molecule has 0 radical (unpaired) electrons. The van der Waals surface area contributed by atoms with Gasteiger partial charge in [0.05, 0.1) is 24.9 Å². The zero-order valence-corrected chi connectivity index (χ0v) is 14.1. The molecule has 1 aliphatic rings. The molecule has 25 heavy (non-hydrogen) atoms. The van der Waals surface area contributed by atoms with Gasteiger partial charge in [-0.3, -0.25) is 18.8 Å². The van der Waals surface area contributed by atoms with Crippen molar-refractivity contribution in [2.24, 2.45) is 0 Å². The smallest absolute Gasteiger partial charge is 0.258 e. The van der Waals surface area contributed by atoms with Gasteiger partial charge in [-0.05, 0) is 18.6 Å². The van der Waals surface area contributed by atoms with Gasteiger partial charge in [-0.1, -0.05) is 6.07 Å². The summed E-state index contributed by atoms with van der Waals surface area (Å²) in [6.07, 6.45) is 5.02. The number of fused-ring (bicyclic) bond motifs is 1. The molecule has 0 N–H and O–H groups in total. The Hall–Kier alpha value is -2.58. The zero-order valence-electron chi connectivity index (χ0n) is 14.1. The fourth-order valence-corrected chi connectivity index (χ4v) is 3.19. The normalized spacial score (nSPS) is 18.7. The maximum Gasteiger partial charge on any atom is 0.258 e. The van der Waals surface area contributed by atoms with Crippen molar-refractivity contribution in [2.75, 3.05) is 19.7 Å². The van der Waals surface area contributed by atoms with Crippen molar-refractivity contribution in [3.63, 3.8) is 0 Å². The van der Waals surface area contributed by atoms with E-state index in [9.17, 15) is 4.79 Å². The van der Waals surface area contributed by atoms with Crippen molar-refractivity contribution < 1.29 is 4.74 Å². The van der Waals surface area contributed by atoms with Crippen molar-refractivity contribution in [1.82, 2.24) is 29.0 Å². The van der Waals surface area contributed by atoms with E-state index >= 15 is 0 Å². The predicted molar refractivity (Wildman–Crippen MR) is 91.2 cm³/mol. The average Bonchev–Trinajstić information content (AvgIpc) is 3.09. The van der Waals surface area contributed by atoms with Crippen LogP contribution in [0.1, 0.15) is 11.3 Å². The summed E-state index contributed by atoms with van der Waals surface area (Å²) in [6.45, 7) is 5.53. The van der Waals surface area contributed by atoms with E-state index in [0.29, 0.717) is 19.7 Å². The molecule has 3 aromatic rings. The maximum absolute atomic E-state index is 12.3. The summed E-state index contributed by atoms with van der Waals surface area (Å²) in [5, 5.41) is 4.13. The van der Waals surface area contributed by atoms with E-state index in [1.54, 1.807) is 27.7 Å². The highest BCUT2D eigenvalue weighted by Gasteiger charge is 2.22. The van der Waals surface area contributed by atoms with Crippen LogP contribution < -0.4 is 5.56 Å². The van der Waals surface area contributed by atoms with Crippen LogP contribution in [0.25, 0.3) is 5.65 Å². The highest BCUT2D eigenvalue weighted by atomic mass is 16.5. The van der Waals surface area contributed by atoms with Crippen LogP contribution in [0.4, 0.5) is 0 Å². The predicted octanol–water partition coefficient (Wildman–Crippen LogP) is 0.495. The van der Waals surface area contributed by atoms with Gasteiger partial charge >= 0.3 is 0 Å². The van der Waals surface area contributed by atoms with Gasteiger partial charge in [0, 0.05) is 31.9 Å². The highest BCUT2D eigenvalue weighted by molar-refractivity contribution is 5.46. The second-order valence-electron chi connectivity index (χ2n) is 6.32. The fraction of sp³-hybridized carbons (Fsp3) is 0.412. The van der Waals surface area contributed by atoms with Gasteiger partial charge in [-0.2, -0.15) is 5.10 Å². The molecule has 0 bridgehead atoms. The summed E-state index contributed by atoms with van der Waals surface area (Å²) in [5.74, 6) is 0. The molecule has 130 valence electrons. The topological polar surface area (TPSA) is 77.5 Å². The minimum Gasteiger partial charge on any atom is -0.374 e. The van der Waals surface area contributed by atoms with E-state index in [0.717, 1.165) is 30.0 Å². The van der Waals surface area contributed by atoms with Gasteiger partial charge in [0.25, 0.3) is 5.56 Å². The number of rotatable bonds is 4. The number of ether oxygens (including phenoxy) is 1. The van der Waals surface area contributed by atoms with Crippen LogP contribution in [0.15, 0.2) is 41.8 Å². The summed E-state index contributed by atoms with van der Waals surface area (Å²) >= 11 is 0. The Balaban J connectivity index is 1.50. The lowest BCUT2D eigenvalue weighted by Crippen LogP contribution is -2.44. The Morgan fingerprint density at radius 3 is 3.16 bits per heavy atom. The summed E-state index contributed by atoms with van der Waals surface area (Å²) in [4.78, 5) is 23.2. The van der Waals surface area contributed by atoms with E-state index in [2.05, 4.69) is 20.0 Å². The van der Waals surface area contributed by atoms with Crippen LogP contribution in [-0.2, 0) is 17.8 Å². The Morgan fingerprint density at radius 2 is 2.32 bits per heavy atom. The first kappa shape index (κ1) is 15.9. The standard InChI is InChI=1S/C17H20N6O2/c1-13-3-2-4-23-16(24)7-14(20-17(13)23)8-21-5-6-25-15(9-21)10-22-12-18-11-19-22/h2-4,7,11-12,15H,5-6,8-10H2,1H3. The molecule has 0 spiro atoms. The third kappa shape index (κ3) is 3.45. The molecule has 1 atom stereocenters. The Morgan fingerprint density at radius 1 is 1.40 bits per heavy atom. The number of hydrogen-bond acceptors (Lipinski definition) is 6. The third-order valence-corrected chi connectivity index (χ3v) is 4.41. The fourth-order valence-electron chi connectivity index (χ4n) is 3.19. The van der Waals surface area contributed by atoms with Crippen LogP contribution in [0.5, 0.6) is 0 Å². The average molecular weight is 340 g/mol. The van der Waals surface area contributed by atoms with Crippen molar-refractivity contribution in [3.8, 4) is 0 Å². The van der Waals surface area contributed by atoms with Crippen molar-refractivity contribution in [2.45, 2.75) is 26.1 Å². The number of morpholine rings is 1. The summed E-state index contributed by atoms with van der Waals surface area (Å²) < 4.78 is 9.18. The van der Waals surface area contributed by atoms with E-state index in [4.69, 9.17) is 4.74 Å². The molecule has 8 nitrogen and oxygen atoms in total. The molecule has 0 amide bonds. The maximum atomic E-state index is 12.3. The van der Waals surface area contributed by atoms with Crippen molar-refractivity contribution >= 4 is 5.65 Å². The summed E-state index contributed by atoms with van der Waals surface area (Å²) in [7, 11) is 0. The molecule has 1 unspecified atom stereocenters. The largest absolute Gasteiger partial charge is 0.374 e. The SMILES string of the molecule is Cc1cccn2c(=O)cc(CN3CCOC(Cn4cncn4)C3)nc12.